The zero-order valence-electron chi connectivity index (χ0n) is 22.6. The van der Waals surface area contributed by atoms with Crippen molar-refractivity contribution in [3.05, 3.63) is 119 Å². The summed E-state index contributed by atoms with van der Waals surface area (Å²) in [4.78, 5) is 0. The number of hydrogen-bond acceptors (Lipinski definition) is 2. The molecule has 0 amide bonds. The summed E-state index contributed by atoms with van der Waals surface area (Å²) in [6.07, 6.45) is 0. The molecule has 0 spiro atoms. The molecular weight excluding hydrogens is 490 g/mol. The minimum Gasteiger partial charge on any atom is -0.339 e. The largest absolute Gasteiger partial charge is 0.339 e. The van der Waals surface area contributed by atoms with Gasteiger partial charge in [0, 0.05) is 0 Å². The molecule has 0 saturated carbocycles. The second kappa shape index (κ2) is 10.8. The Labute approximate surface area is 224 Å². The molecule has 4 aromatic rings. The van der Waals surface area contributed by atoms with Crippen LogP contribution in [0.5, 0.6) is 0 Å². The van der Waals surface area contributed by atoms with Crippen LogP contribution in [0, 0.1) is 27.7 Å². The number of rotatable bonds is 6. The summed E-state index contributed by atoms with van der Waals surface area (Å²) in [7, 11) is -1.68. The van der Waals surface area contributed by atoms with Crippen molar-refractivity contribution < 1.29 is 9.47 Å². The van der Waals surface area contributed by atoms with E-state index >= 15 is 0 Å². The van der Waals surface area contributed by atoms with Crippen molar-refractivity contribution >= 4 is 37.1 Å². The highest BCUT2D eigenvalue weighted by molar-refractivity contribution is 7.77. The van der Waals surface area contributed by atoms with Gasteiger partial charge < -0.3 is 9.47 Å². The molecule has 0 aromatic heterocycles. The van der Waals surface area contributed by atoms with E-state index in [9.17, 15) is 0 Å². The second-order valence-corrected chi connectivity index (χ2v) is 15.1. The highest BCUT2D eigenvalue weighted by Gasteiger charge is 2.50. The lowest BCUT2D eigenvalue weighted by atomic mass is 10.2. The van der Waals surface area contributed by atoms with Crippen LogP contribution in [-0.2, 0) is 9.47 Å². The van der Waals surface area contributed by atoms with Crippen molar-refractivity contribution in [1.29, 1.82) is 0 Å². The molecule has 5 rings (SSSR count). The first-order chi connectivity index (χ1) is 17.7. The Balaban J connectivity index is 1.71. The molecule has 37 heavy (non-hydrogen) atoms. The van der Waals surface area contributed by atoms with Crippen LogP contribution in [0.4, 0.5) is 0 Å². The van der Waals surface area contributed by atoms with Crippen LogP contribution in [0.25, 0.3) is 0 Å². The third-order valence-corrected chi connectivity index (χ3v) is 12.0. The van der Waals surface area contributed by atoms with Gasteiger partial charge in [0.05, 0.1) is 0 Å². The first-order valence-corrected chi connectivity index (χ1v) is 15.7. The van der Waals surface area contributed by atoms with Crippen molar-refractivity contribution in [1.82, 2.24) is 0 Å². The van der Waals surface area contributed by atoms with Crippen LogP contribution in [0.1, 0.15) is 36.1 Å². The van der Waals surface area contributed by atoms with E-state index in [0.29, 0.717) is 0 Å². The minimum absolute atomic E-state index is 0.0827. The van der Waals surface area contributed by atoms with Gasteiger partial charge in [0.25, 0.3) is 0 Å². The summed E-state index contributed by atoms with van der Waals surface area (Å²) >= 11 is 0. The highest BCUT2D eigenvalue weighted by Crippen LogP contribution is 2.57. The number of hydrogen-bond donors (Lipinski definition) is 0. The molecule has 1 aliphatic heterocycles. The Kier molecular flexibility index (Phi) is 7.67. The lowest BCUT2D eigenvalue weighted by molar-refractivity contribution is -0.133. The molecule has 4 heteroatoms. The molecule has 0 bridgehead atoms. The summed E-state index contributed by atoms with van der Waals surface area (Å²) < 4.78 is 13.8. The fraction of sp³-hybridized carbons (Fsp3) is 0.273. The predicted octanol–water partition coefficient (Wildman–Crippen LogP) is 6.92. The molecule has 2 nitrogen and oxygen atoms in total. The fourth-order valence-electron chi connectivity index (χ4n) is 5.08. The van der Waals surface area contributed by atoms with E-state index in [1.54, 1.807) is 0 Å². The SMILES string of the molecule is Cc1cccc(P(c2cccc(C)c2)C2OC(C)(C)O[C@@H]2P(c2cccc(C)c2)c2cccc(C)c2)c1. The summed E-state index contributed by atoms with van der Waals surface area (Å²) in [6.45, 7) is 12.8. The van der Waals surface area contributed by atoms with Crippen LogP contribution in [0.3, 0.4) is 0 Å². The average molecular weight is 527 g/mol. The fourth-order valence-corrected chi connectivity index (χ4v) is 11.4. The molecule has 4 aromatic carbocycles. The maximum atomic E-state index is 6.92. The van der Waals surface area contributed by atoms with E-state index in [2.05, 4.69) is 139 Å². The van der Waals surface area contributed by atoms with Gasteiger partial charge in [-0.2, -0.15) is 0 Å². The van der Waals surface area contributed by atoms with Crippen molar-refractivity contribution in [3.63, 3.8) is 0 Å². The first-order valence-electron chi connectivity index (χ1n) is 12.9. The van der Waals surface area contributed by atoms with E-state index in [0.717, 1.165) is 0 Å². The molecule has 0 radical (unpaired) electrons. The zero-order valence-corrected chi connectivity index (χ0v) is 24.4. The average Bonchev–Trinajstić information content (AvgIpc) is 3.14. The minimum atomic E-state index is -0.842. The topological polar surface area (TPSA) is 18.5 Å². The molecule has 0 N–H and O–H groups in total. The van der Waals surface area contributed by atoms with E-state index in [4.69, 9.17) is 9.47 Å². The van der Waals surface area contributed by atoms with Crippen LogP contribution in [0.15, 0.2) is 97.1 Å². The van der Waals surface area contributed by atoms with Gasteiger partial charge >= 0.3 is 0 Å². The zero-order chi connectivity index (χ0) is 26.2. The third kappa shape index (κ3) is 5.89. The summed E-state index contributed by atoms with van der Waals surface area (Å²) in [5, 5.41) is 5.33. The maximum absolute atomic E-state index is 6.92. The Morgan fingerprint density at radius 1 is 0.486 bits per heavy atom. The standard InChI is InChI=1S/C33H36O2P2/c1-23-11-7-15-27(19-23)36(28-16-8-12-24(2)20-28)31-32(35-33(5,6)34-31)37(29-17-9-13-25(3)21-29)30-18-10-14-26(4)22-30/h7-22,31-32H,1-6H3/t31-,32?/m1/s1. The normalized spacial score (nSPS) is 19.0. The van der Waals surface area contributed by atoms with E-state index in [1.807, 2.05) is 0 Å². The first kappa shape index (κ1) is 26.3. The Morgan fingerprint density at radius 3 is 1.00 bits per heavy atom. The van der Waals surface area contributed by atoms with Crippen LogP contribution in [-0.4, -0.2) is 17.5 Å². The number of benzene rings is 4. The van der Waals surface area contributed by atoms with Gasteiger partial charge in [0.2, 0.25) is 0 Å². The quantitative estimate of drug-likeness (QED) is 0.254. The molecule has 190 valence electrons. The number of ether oxygens (including phenoxy) is 2. The lowest BCUT2D eigenvalue weighted by Crippen LogP contribution is -2.33. The van der Waals surface area contributed by atoms with E-state index in [-0.39, 0.29) is 11.7 Å². The van der Waals surface area contributed by atoms with Crippen LogP contribution >= 0.6 is 15.8 Å². The smallest absolute Gasteiger partial charge is 0.164 e. The Hall–Kier alpha value is -2.34. The summed E-state index contributed by atoms with van der Waals surface area (Å²) in [6, 6.07) is 35.8. The van der Waals surface area contributed by atoms with Gasteiger partial charge in [-0.15, -0.1) is 0 Å². The van der Waals surface area contributed by atoms with Crippen LogP contribution < -0.4 is 21.2 Å². The van der Waals surface area contributed by atoms with Gasteiger partial charge in [-0.3, -0.25) is 0 Å². The maximum Gasteiger partial charge on any atom is 0.164 e. The molecule has 0 aliphatic carbocycles. The molecule has 1 aliphatic rings. The van der Waals surface area contributed by atoms with Gasteiger partial charge in [-0.25, -0.2) is 0 Å². The van der Waals surface area contributed by atoms with Crippen molar-refractivity contribution in [2.75, 3.05) is 0 Å². The number of aryl methyl sites for hydroxylation is 4. The molecule has 1 heterocycles. The summed E-state index contributed by atoms with van der Waals surface area (Å²) in [5.74, 6) is -0.834. The van der Waals surface area contributed by atoms with Gasteiger partial charge in [-0.1, -0.05) is 119 Å². The molecule has 1 saturated heterocycles. The molecule has 1 unspecified atom stereocenters. The Morgan fingerprint density at radius 2 is 0.757 bits per heavy atom. The van der Waals surface area contributed by atoms with E-state index < -0.39 is 21.6 Å². The van der Waals surface area contributed by atoms with Gasteiger partial charge in [0.1, 0.15) is 11.7 Å². The second-order valence-electron chi connectivity index (χ2n) is 10.5. The van der Waals surface area contributed by atoms with Gasteiger partial charge in [0.15, 0.2) is 5.79 Å². The third-order valence-electron chi connectivity index (χ3n) is 6.68. The predicted molar refractivity (Wildman–Crippen MR) is 161 cm³/mol. The molecular formula is C33H36O2P2. The van der Waals surface area contributed by atoms with E-state index in [1.165, 1.54) is 43.5 Å². The summed E-state index contributed by atoms with van der Waals surface area (Å²) in [5.41, 5.74) is 5.08. The molecule has 1 fully saturated rings. The monoisotopic (exact) mass is 526 g/mol. The highest BCUT2D eigenvalue weighted by atomic mass is 31.1. The van der Waals surface area contributed by atoms with Crippen molar-refractivity contribution in [3.8, 4) is 0 Å². The lowest BCUT2D eigenvalue weighted by Gasteiger charge is -2.33. The van der Waals surface area contributed by atoms with Crippen molar-refractivity contribution in [2.45, 2.75) is 59.0 Å². The Bertz CT molecular complexity index is 1200. The van der Waals surface area contributed by atoms with Crippen molar-refractivity contribution in [2.24, 2.45) is 0 Å². The molecule has 2 atom stereocenters. The van der Waals surface area contributed by atoms with Crippen LogP contribution in [0.2, 0.25) is 0 Å². The van der Waals surface area contributed by atoms with Gasteiger partial charge in [-0.05, 0) is 78.6 Å².